The molecule has 46 heavy (non-hydrogen) atoms. The van der Waals surface area contributed by atoms with E-state index in [0.29, 0.717) is 30.9 Å². The number of hydrogen-bond donors (Lipinski definition) is 2. The normalized spacial score (nSPS) is 22.1. The number of nitrogens with zero attached hydrogens (tertiary/aromatic N) is 6. The third-order valence-corrected chi connectivity index (χ3v) is 11.7. The number of aromatic nitrogens is 2. The number of carbonyl (C=O) groups is 1. The Kier molecular flexibility index (Phi) is 6.90. The molecule has 6 heterocycles. The van der Waals surface area contributed by atoms with Crippen molar-refractivity contribution in [3.05, 3.63) is 40.4 Å². The molecule has 3 N–H and O–H groups in total. The average Bonchev–Trinajstić information content (AvgIpc) is 3.77. The lowest BCUT2D eigenvalue weighted by atomic mass is 9.95. The van der Waals surface area contributed by atoms with Gasteiger partial charge in [-0.25, -0.2) is 13.6 Å². The van der Waals surface area contributed by atoms with Crippen molar-refractivity contribution in [2.24, 2.45) is 0 Å². The molecule has 0 radical (unpaired) electrons. The second-order valence-electron chi connectivity index (χ2n) is 12.7. The molecule has 2 atom stereocenters. The van der Waals surface area contributed by atoms with Crippen molar-refractivity contribution in [1.29, 1.82) is 5.26 Å². The maximum atomic E-state index is 17.0. The molecular weight excluding hydrogens is 636 g/mol. The first-order valence-electron chi connectivity index (χ1n) is 15.4. The van der Waals surface area contributed by atoms with E-state index in [0.717, 1.165) is 63.0 Å². The smallest absolute Gasteiger partial charge is 0.407 e. The topological polar surface area (TPSA) is 132 Å². The van der Waals surface area contributed by atoms with Gasteiger partial charge in [0.1, 0.15) is 34.8 Å². The second-order valence-corrected chi connectivity index (χ2v) is 14.2. The number of halogens is 3. The summed E-state index contributed by atoms with van der Waals surface area (Å²) in [4.78, 5) is 27.3. The third-order valence-electron chi connectivity index (χ3n) is 10.3. The van der Waals surface area contributed by atoms with Gasteiger partial charge in [0.15, 0.2) is 5.82 Å². The van der Waals surface area contributed by atoms with Crippen LogP contribution in [0.3, 0.4) is 0 Å². The van der Waals surface area contributed by atoms with E-state index in [9.17, 15) is 19.6 Å². The molecule has 238 valence electrons. The van der Waals surface area contributed by atoms with Crippen molar-refractivity contribution in [3.8, 4) is 23.2 Å². The van der Waals surface area contributed by atoms with Gasteiger partial charge in [-0.1, -0.05) is 17.7 Å². The number of nitrogens with two attached hydrogens (primary N) is 1. The van der Waals surface area contributed by atoms with E-state index >= 15 is 4.39 Å². The molecule has 8 rings (SSSR count). The fraction of sp³-hybridized carbons (Fsp3) is 0.438. The van der Waals surface area contributed by atoms with Crippen LogP contribution in [0.1, 0.15) is 44.1 Å². The maximum absolute atomic E-state index is 17.0. The van der Waals surface area contributed by atoms with Gasteiger partial charge in [-0.05, 0) is 69.3 Å². The molecule has 0 spiro atoms. The highest BCUT2D eigenvalue weighted by atomic mass is 35.5. The number of nitriles is 1. The number of hydrogen-bond acceptors (Lipinski definition) is 9. The lowest BCUT2D eigenvalue weighted by Crippen LogP contribution is -2.55. The summed E-state index contributed by atoms with van der Waals surface area (Å²) >= 11 is 7.76. The van der Waals surface area contributed by atoms with Gasteiger partial charge >= 0.3 is 12.1 Å². The number of thiophene rings is 1. The SMILES string of the molecule is N#Cc1c(N)sc2c(F)ccc(-c3c(Cl)cc4c(N5C[C@H]6CC[C@@H](C5)N6C(=O)O)nc(OCC56CCCN5CCC6)nc4c3F)c12. The predicted molar refractivity (Wildman–Crippen MR) is 172 cm³/mol. The van der Waals surface area contributed by atoms with E-state index in [2.05, 4.69) is 9.88 Å². The fourth-order valence-electron chi connectivity index (χ4n) is 8.27. The average molecular weight is 666 g/mol. The first-order valence-corrected chi connectivity index (χ1v) is 16.6. The van der Waals surface area contributed by atoms with Gasteiger partial charge in [0.05, 0.1) is 32.9 Å². The molecule has 4 aromatic rings. The predicted octanol–water partition coefficient (Wildman–Crippen LogP) is 6.24. The van der Waals surface area contributed by atoms with Crippen molar-refractivity contribution in [1.82, 2.24) is 19.8 Å². The van der Waals surface area contributed by atoms with E-state index in [4.69, 9.17) is 27.1 Å². The van der Waals surface area contributed by atoms with Crippen LogP contribution in [0, 0.1) is 23.0 Å². The first-order chi connectivity index (χ1) is 22.2. The maximum Gasteiger partial charge on any atom is 0.407 e. The summed E-state index contributed by atoms with van der Waals surface area (Å²) in [5.41, 5.74) is 6.19. The van der Waals surface area contributed by atoms with Crippen LogP contribution in [-0.4, -0.2) is 81.4 Å². The molecule has 0 aliphatic carbocycles. The minimum atomic E-state index is -0.948. The van der Waals surface area contributed by atoms with Gasteiger partial charge < -0.3 is 20.5 Å². The Hall–Kier alpha value is -3.99. The fourth-order valence-corrected chi connectivity index (χ4v) is 9.51. The second kappa shape index (κ2) is 10.8. The molecule has 2 aromatic carbocycles. The zero-order valence-corrected chi connectivity index (χ0v) is 26.3. The van der Waals surface area contributed by atoms with Gasteiger partial charge in [-0.2, -0.15) is 15.2 Å². The summed E-state index contributed by atoms with van der Waals surface area (Å²) in [6.07, 6.45) is 4.69. The standard InChI is InChI=1S/C32H30ClF2N7O3S/c33-21-11-19-26(25(35)24(21)18-5-6-22(34)27-23(18)20(12-36)28(37)46-27)38-30(45-15-32-7-1-9-41(32)10-2-8-32)39-29(19)40-13-16-3-4-17(14-40)42(16)31(43)44/h5-6,11,16-17H,1-4,7-10,13-15,37H2,(H,43,44)/t16-,17+. The van der Waals surface area contributed by atoms with Gasteiger partial charge in [-0.15, -0.1) is 11.3 Å². The molecule has 0 unspecified atom stereocenters. The van der Waals surface area contributed by atoms with Crippen LogP contribution in [0.2, 0.25) is 5.02 Å². The summed E-state index contributed by atoms with van der Waals surface area (Å²) in [6, 6.07) is 5.80. The van der Waals surface area contributed by atoms with Gasteiger partial charge in [0.25, 0.3) is 0 Å². The Labute approximate surface area is 271 Å². The van der Waals surface area contributed by atoms with Crippen molar-refractivity contribution in [2.75, 3.05) is 43.4 Å². The summed E-state index contributed by atoms with van der Waals surface area (Å²) in [7, 11) is 0. The van der Waals surface area contributed by atoms with E-state index < -0.39 is 17.7 Å². The number of rotatable bonds is 5. The van der Waals surface area contributed by atoms with E-state index in [1.165, 1.54) is 17.0 Å². The number of fused-ring (bicyclic) bond motifs is 5. The summed E-state index contributed by atoms with van der Waals surface area (Å²) in [6.45, 7) is 3.17. The van der Waals surface area contributed by atoms with Gasteiger partial charge in [-0.3, -0.25) is 9.80 Å². The Balaban J connectivity index is 1.29. The number of amides is 1. The molecule has 0 saturated carbocycles. The molecule has 4 aliphatic rings. The summed E-state index contributed by atoms with van der Waals surface area (Å²) < 4.78 is 38.3. The van der Waals surface area contributed by atoms with Crippen molar-refractivity contribution in [3.63, 3.8) is 0 Å². The van der Waals surface area contributed by atoms with Crippen LogP contribution >= 0.6 is 22.9 Å². The molecule has 14 heteroatoms. The number of nitrogen functional groups attached to an aromatic ring is 1. The molecule has 10 nitrogen and oxygen atoms in total. The van der Waals surface area contributed by atoms with Crippen LogP contribution in [0.15, 0.2) is 18.2 Å². The van der Waals surface area contributed by atoms with Gasteiger partial charge in [0, 0.05) is 29.4 Å². The van der Waals surface area contributed by atoms with Crippen molar-refractivity contribution < 1.29 is 23.4 Å². The minimum Gasteiger partial charge on any atom is -0.465 e. The lowest BCUT2D eigenvalue weighted by molar-refractivity contribution is 0.107. The molecule has 4 aliphatic heterocycles. The van der Waals surface area contributed by atoms with Crippen molar-refractivity contribution in [2.45, 2.75) is 56.1 Å². The monoisotopic (exact) mass is 665 g/mol. The van der Waals surface area contributed by atoms with Crippen LogP contribution in [0.4, 0.5) is 24.4 Å². The summed E-state index contributed by atoms with van der Waals surface area (Å²) in [5.74, 6) is -0.911. The quantitative estimate of drug-likeness (QED) is 0.254. The number of piperazine rings is 1. The zero-order chi connectivity index (χ0) is 31.9. The van der Waals surface area contributed by atoms with Crippen molar-refractivity contribution >= 4 is 60.8 Å². The molecule has 2 aromatic heterocycles. The van der Waals surface area contributed by atoms with Crippen LogP contribution in [0.25, 0.3) is 32.1 Å². The Morgan fingerprint density at radius 3 is 2.59 bits per heavy atom. The van der Waals surface area contributed by atoms with Crippen LogP contribution in [0.5, 0.6) is 6.01 Å². The van der Waals surface area contributed by atoms with E-state index in [-0.39, 0.29) is 65.9 Å². The summed E-state index contributed by atoms with van der Waals surface area (Å²) in [5, 5.41) is 20.4. The largest absolute Gasteiger partial charge is 0.465 e. The Morgan fingerprint density at radius 2 is 1.91 bits per heavy atom. The number of ether oxygens (including phenoxy) is 1. The molecule has 1 amide bonds. The van der Waals surface area contributed by atoms with Gasteiger partial charge in [0.2, 0.25) is 0 Å². The van der Waals surface area contributed by atoms with Crippen LogP contribution < -0.4 is 15.4 Å². The third kappa shape index (κ3) is 4.37. The Morgan fingerprint density at radius 1 is 1.20 bits per heavy atom. The first kappa shape index (κ1) is 29.4. The Bertz CT molecular complexity index is 1960. The lowest BCUT2D eigenvalue weighted by Gasteiger charge is -2.40. The molecule has 4 fully saturated rings. The number of carboxylic acid groups (broad SMARTS) is 1. The van der Waals surface area contributed by atoms with E-state index in [1.54, 1.807) is 6.07 Å². The molecule has 2 bridgehead atoms. The molecular formula is C32H30ClF2N7O3S. The minimum absolute atomic E-state index is 0.0255. The highest BCUT2D eigenvalue weighted by Crippen LogP contribution is 2.46. The highest BCUT2D eigenvalue weighted by molar-refractivity contribution is 7.23. The zero-order valence-electron chi connectivity index (χ0n) is 24.7. The number of anilines is 2. The van der Waals surface area contributed by atoms with Crippen LogP contribution in [-0.2, 0) is 0 Å². The van der Waals surface area contributed by atoms with E-state index in [1.807, 2.05) is 11.0 Å². The number of benzene rings is 2. The molecule has 4 saturated heterocycles. The highest BCUT2D eigenvalue weighted by Gasteiger charge is 2.46.